The molecule has 0 unspecified atom stereocenters. The second kappa shape index (κ2) is 8.95. The molecule has 20 heavy (non-hydrogen) atoms. The summed E-state index contributed by atoms with van der Waals surface area (Å²) >= 11 is 0. The van der Waals surface area contributed by atoms with Crippen LogP contribution in [0, 0.1) is 5.92 Å². The Balaban J connectivity index is 2.28. The molecule has 1 aliphatic rings. The number of rotatable bonds is 11. The van der Waals surface area contributed by atoms with Gasteiger partial charge in [0.2, 0.25) is 5.91 Å². The van der Waals surface area contributed by atoms with E-state index in [1.54, 1.807) is 4.90 Å². The summed E-state index contributed by atoms with van der Waals surface area (Å²) in [6, 6.07) is 0. The third kappa shape index (κ3) is 6.37. The number of hydrogen-bond acceptors (Lipinski definition) is 3. The molecule has 5 nitrogen and oxygen atoms in total. The Hall–Kier alpha value is -1.10. The fourth-order valence-electron chi connectivity index (χ4n) is 2.33. The lowest BCUT2D eigenvalue weighted by atomic mass is 10.2. The van der Waals surface area contributed by atoms with Crippen LogP contribution in [0.1, 0.15) is 46.0 Å². The first-order valence-electron chi connectivity index (χ1n) is 7.81. The topological polar surface area (TPSA) is 60.9 Å². The Morgan fingerprint density at radius 1 is 1.05 bits per heavy atom. The van der Waals surface area contributed by atoms with Crippen molar-refractivity contribution in [2.45, 2.75) is 46.0 Å². The zero-order valence-electron chi connectivity index (χ0n) is 12.8. The van der Waals surface area contributed by atoms with E-state index in [9.17, 15) is 9.59 Å². The lowest BCUT2D eigenvalue weighted by Gasteiger charge is -2.23. The average molecular weight is 284 g/mol. The van der Waals surface area contributed by atoms with Gasteiger partial charge in [0, 0.05) is 19.0 Å². The van der Waals surface area contributed by atoms with Crippen molar-refractivity contribution in [2.24, 2.45) is 5.92 Å². The average Bonchev–Trinajstić information content (AvgIpc) is 3.25. The van der Waals surface area contributed by atoms with Gasteiger partial charge in [-0.2, -0.15) is 0 Å². The van der Waals surface area contributed by atoms with Crippen LogP contribution in [-0.4, -0.2) is 59.5 Å². The maximum atomic E-state index is 12.1. The van der Waals surface area contributed by atoms with Crippen LogP contribution in [-0.2, 0) is 9.59 Å². The van der Waals surface area contributed by atoms with Gasteiger partial charge < -0.3 is 14.9 Å². The van der Waals surface area contributed by atoms with Gasteiger partial charge in [0.05, 0.1) is 6.42 Å². The maximum absolute atomic E-state index is 12.1. The maximum Gasteiger partial charge on any atom is 0.305 e. The molecule has 116 valence electrons. The Morgan fingerprint density at radius 3 is 2.15 bits per heavy atom. The van der Waals surface area contributed by atoms with Gasteiger partial charge in [0.1, 0.15) is 0 Å². The standard InChI is InChI=1S/C15H28N2O3/c1-3-16(4-2)10-5-6-11-17(12-9-14(18)19)15(20)13-7-8-13/h13H,3-12H2,1-2H3,(H,18,19). The highest BCUT2D eigenvalue weighted by Gasteiger charge is 2.33. The first kappa shape index (κ1) is 17.0. The minimum absolute atomic E-state index is 0.0501. The Bertz CT molecular complexity index is 312. The number of carbonyl (C=O) groups excluding carboxylic acids is 1. The van der Waals surface area contributed by atoms with Gasteiger partial charge in [-0.1, -0.05) is 13.8 Å². The number of carboxylic acid groups (broad SMARTS) is 1. The van der Waals surface area contributed by atoms with Crippen LogP contribution >= 0.6 is 0 Å². The monoisotopic (exact) mass is 284 g/mol. The van der Waals surface area contributed by atoms with Gasteiger partial charge in [-0.25, -0.2) is 0 Å². The van der Waals surface area contributed by atoms with Gasteiger partial charge in [0.25, 0.3) is 0 Å². The van der Waals surface area contributed by atoms with Gasteiger partial charge in [-0.3, -0.25) is 9.59 Å². The van der Waals surface area contributed by atoms with Crippen molar-refractivity contribution < 1.29 is 14.7 Å². The number of unbranched alkanes of at least 4 members (excludes halogenated alkanes) is 1. The van der Waals surface area contributed by atoms with Crippen molar-refractivity contribution in [3.8, 4) is 0 Å². The van der Waals surface area contributed by atoms with Crippen LogP contribution < -0.4 is 0 Å². The molecule has 0 bridgehead atoms. The molecule has 0 heterocycles. The molecular weight excluding hydrogens is 256 g/mol. The molecule has 0 aromatic carbocycles. The largest absolute Gasteiger partial charge is 0.481 e. The Morgan fingerprint density at radius 2 is 1.65 bits per heavy atom. The minimum atomic E-state index is -0.832. The molecule has 5 heteroatoms. The molecule has 1 rings (SSSR count). The number of carboxylic acids is 1. The van der Waals surface area contributed by atoms with Crippen molar-refractivity contribution in [1.82, 2.24) is 9.80 Å². The van der Waals surface area contributed by atoms with Crippen molar-refractivity contribution in [1.29, 1.82) is 0 Å². The fourth-order valence-corrected chi connectivity index (χ4v) is 2.33. The summed E-state index contributed by atoms with van der Waals surface area (Å²) in [6.07, 6.45) is 4.01. The number of nitrogens with zero attached hydrogens (tertiary/aromatic N) is 2. The van der Waals surface area contributed by atoms with E-state index in [2.05, 4.69) is 18.7 Å². The van der Waals surface area contributed by atoms with Gasteiger partial charge >= 0.3 is 5.97 Å². The lowest BCUT2D eigenvalue weighted by molar-refractivity contribution is -0.138. The van der Waals surface area contributed by atoms with Crippen LogP contribution in [0.3, 0.4) is 0 Å². The fraction of sp³-hybridized carbons (Fsp3) is 0.867. The van der Waals surface area contributed by atoms with Crippen molar-refractivity contribution in [2.75, 3.05) is 32.7 Å². The number of carbonyl (C=O) groups is 2. The molecule has 0 aromatic heterocycles. The van der Waals surface area contributed by atoms with E-state index >= 15 is 0 Å². The highest BCUT2D eigenvalue weighted by molar-refractivity contribution is 5.81. The Labute approximate surface area is 121 Å². The summed E-state index contributed by atoms with van der Waals surface area (Å²) in [5.74, 6) is -0.498. The van der Waals surface area contributed by atoms with E-state index in [-0.39, 0.29) is 18.2 Å². The number of hydrogen-bond donors (Lipinski definition) is 1. The molecule has 0 radical (unpaired) electrons. The van der Waals surface area contributed by atoms with E-state index < -0.39 is 5.97 Å². The third-order valence-corrected chi connectivity index (χ3v) is 3.88. The van der Waals surface area contributed by atoms with E-state index in [1.807, 2.05) is 0 Å². The van der Waals surface area contributed by atoms with Crippen LogP contribution in [0.4, 0.5) is 0 Å². The lowest BCUT2D eigenvalue weighted by Crippen LogP contribution is -2.35. The smallest absolute Gasteiger partial charge is 0.305 e. The summed E-state index contributed by atoms with van der Waals surface area (Å²) in [4.78, 5) is 26.9. The molecule has 1 amide bonds. The van der Waals surface area contributed by atoms with Crippen LogP contribution in [0.15, 0.2) is 0 Å². The van der Waals surface area contributed by atoms with Crippen LogP contribution in [0.2, 0.25) is 0 Å². The van der Waals surface area contributed by atoms with Gasteiger partial charge in [0.15, 0.2) is 0 Å². The zero-order valence-corrected chi connectivity index (χ0v) is 12.8. The summed E-state index contributed by atoms with van der Waals surface area (Å²) in [5.41, 5.74) is 0. The van der Waals surface area contributed by atoms with E-state index in [0.717, 1.165) is 45.3 Å². The van der Waals surface area contributed by atoms with Gasteiger partial charge in [-0.15, -0.1) is 0 Å². The molecule has 1 fully saturated rings. The second-order valence-electron chi connectivity index (χ2n) is 5.48. The molecule has 0 spiro atoms. The quantitative estimate of drug-likeness (QED) is 0.588. The SMILES string of the molecule is CCN(CC)CCCCN(CCC(=O)O)C(=O)C1CC1. The highest BCUT2D eigenvalue weighted by atomic mass is 16.4. The van der Waals surface area contributed by atoms with Crippen LogP contribution in [0.25, 0.3) is 0 Å². The molecule has 0 atom stereocenters. The highest BCUT2D eigenvalue weighted by Crippen LogP contribution is 2.31. The predicted molar refractivity (Wildman–Crippen MR) is 78.6 cm³/mol. The van der Waals surface area contributed by atoms with E-state index in [4.69, 9.17) is 5.11 Å². The predicted octanol–water partition coefficient (Wildman–Crippen LogP) is 1.82. The van der Waals surface area contributed by atoms with Gasteiger partial charge in [-0.05, 0) is 45.3 Å². The molecule has 1 aliphatic carbocycles. The zero-order chi connectivity index (χ0) is 15.0. The van der Waals surface area contributed by atoms with Crippen molar-refractivity contribution >= 4 is 11.9 Å². The number of amides is 1. The summed E-state index contributed by atoms with van der Waals surface area (Å²) < 4.78 is 0. The summed E-state index contributed by atoms with van der Waals surface area (Å²) in [7, 11) is 0. The molecular formula is C15H28N2O3. The first-order valence-corrected chi connectivity index (χ1v) is 7.81. The molecule has 1 N–H and O–H groups in total. The first-order chi connectivity index (χ1) is 9.58. The molecule has 0 aromatic rings. The van der Waals surface area contributed by atoms with E-state index in [0.29, 0.717) is 13.1 Å². The molecule has 0 aliphatic heterocycles. The summed E-state index contributed by atoms with van der Waals surface area (Å²) in [6.45, 7) is 8.52. The molecule has 0 saturated heterocycles. The molecule has 1 saturated carbocycles. The summed E-state index contributed by atoms with van der Waals surface area (Å²) in [5, 5.41) is 8.76. The number of aliphatic carboxylic acids is 1. The van der Waals surface area contributed by atoms with Crippen molar-refractivity contribution in [3.63, 3.8) is 0 Å². The van der Waals surface area contributed by atoms with Crippen LogP contribution in [0.5, 0.6) is 0 Å². The normalized spacial score (nSPS) is 14.6. The minimum Gasteiger partial charge on any atom is -0.481 e. The third-order valence-electron chi connectivity index (χ3n) is 3.88. The van der Waals surface area contributed by atoms with E-state index in [1.165, 1.54) is 0 Å². The second-order valence-corrected chi connectivity index (χ2v) is 5.48. The Kier molecular flexibility index (Phi) is 7.59. The van der Waals surface area contributed by atoms with Crippen molar-refractivity contribution in [3.05, 3.63) is 0 Å².